The van der Waals surface area contributed by atoms with E-state index in [2.05, 4.69) is 21.2 Å². The molecule has 0 spiro atoms. The third-order valence-corrected chi connectivity index (χ3v) is 3.26. The van der Waals surface area contributed by atoms with Gasteiger partial charge in [0.2, 0.25) is 0 Å². The van der Waals surface area contributed by atoms with Gasteiger partial charge in [0.05, 0.1) is 11.3 Å². The van der Waals surface area contributed by atoms with Gasteiger partial charge in [-0.2, -0.15) is 0 Å². The van der Waals surface area contributed by atoms with Gasteiger partial charge in [0.1, 0.15) is 11.6 Å². The first-order valence-electron chi connectivity index (χ1n) is 5.19. The van der Waals surface area contributed by atoms with Gasteiger partial charge in [-0.3, -0.25) is 4.79 Å². The van der Waals surface area contributed by atoms with Crippen molar-refractivity contribution >= 4 is 39.1 Å². The Labute approximate surface area is 121 Å². The second kappa shape index (κ2) is 5.67. The smallest absolute Gasteiger partial charge is 0.259 e. The van der Waals surface area contributed by atoms with Crippen molar-refractivity contribution in [1.82, 2.24) is 0 Å². The van der Waals surface area contributed by atoms with Crippen LogP contribution in [0.3, 0.4) is 0 Å². The van der Waals surface area contributed by atoms with Gasteiger partial charge < -0.3 is 5.32 Å². The molecule has 0 aliphatic heterocycles. The molecule has 0 aliphatic carbocycles. The van der Waals surface area contributed by atoms with Crippen LogP contribution in [0.4, 0.5) is 14.5 Å². The Balaban J connectivity index is 2.34. The van der Waals surface area contributed by atoms with Crippen LogP contribution >= 0.6 is 27.5 Å². The van der Waals surface area contributed by atoms with E-state index in [9.17, 15) is 13.6 Å². The van der Waals surface area contributed by atoms with Gasteiger partial charge in [-0.25, -0.2) is 8.78 Å². The number of hydrogen-bond acceptors (Lipinski definition) is 1. The van der Waals surface area contributed by atoms with Crippen molar-refractivity contribution in [2.45, 2.75) is 0 Å². The van der Waals surface area contributed by atoms with Crippen LogP contribution in [0.2, 0.25) is 5.02 Å². The maximum atomic E-state index is 13.6. The number of anilines is 1. The van der Waals surface area contributed by atoms with Gasteiger partial charge in [0.15, 0.2) is 0 Å². The molecule has 0 saturated carbocycles. The van der Waals surface area contributed by atoms with E-state index in [1.165, 1.54) is 24.3 Å². The van der Waals surface area contributed by atoms with E-state index in [1.807, 2.05) is 0 Å². The maximum absolute atomic E-state index is 13.6. The highest BCUT2D eigenvalue weighted by atomic mass is 79.9. The van der Waals surface area contributed by atoms with Crippen LogP contribution in [-0.2, 0) is 0 Å². The number of carbonyl (C=O) groups is 1. The van der Waals surface area contributed by atoms with Crippen LogP contribution < -0.4 is 5.32 Å². The third kappa shape index (κ3) is 3.11. The molecule has 0 aliphatic rings. The zero-order valence-electron chi connectivity index (χ0n) is 9.38. The van der Waals surface area contributed by atoms with Crippen molar-refractivity contribution in [2.75, 3.05) is 5.32 Å². The van der Waals surface area contributed by atoms with E-state index >= 15 is 0 Å². The Hall–Kier alpha value is -1.46. The van der Waals surface area contributed by atoms with Crippen molar-refractivity contribution in [3.63, 3.8) is 0 Å². The Bertz CT molecular complexity index is 628. The zero-order valence-corrected chi connectivity index (χ0v) is 11.7. The Kier molecular flexibility index (Phi) is 4.17. The fourth-order valence-electron chi connectivity index (χ4n) is 1.49. The van der Waals surface area contributed by atoms with Crippen LogP contribution in [0.1, 0.15) is 10.4 Å². The number of nitrogens with one attached hydrogen (secondary N) is 1. The highest BCUT2D eigenvalue weighted by molar-refractivity contribution is 9.10. The van der Waals surface area contributed by atoms with Crippen molar-refractivity contribution in [2.24, 2.45) is 0 Å². The minimum absolute atomic E-state index is 0.104. The van der Waals surface area contributed by atoms with E-state index in [4.69, 9.17) is 11.6 Å². The summed E-state index contributed by atoms with van der Waals surface area (Å²) >= 11 is 8.78. The first-order chi connectivity index (χ1) is 8.99. The molecule has 0 atom stereocenters. The summed E-state index contributed by atoms with van der Waals surface area (Å²) < 4.78 is 27.3. The molecule has 0 heterocycles. The van der Waals surface area contributed by atoms with Crippen LogP contribution in [0.5, 0.6) is 0 Å². The van der Waals surface area contributed by atoms with Crippen molar-refractivity contribution < 1.29 is 13.6 Å². The first kappa shape index (κ1) is 14.0. The topological polar surface area (TPSA) is 29.1 Å². The molecule has 6 heteroatoms. The summed E-state index contributed by atoms with van der Waals surface area (Å²) in [5.74, 6) is -2.11. The fourth-order valence-corrected chi connectivity index (χ4v) is 2.19. The zero-order chi connectivity index (χ0) is 14.0. The number of benzene rings is 2. The second-order valence-electron chi connectivity index (χ2n) is 3.67. The molecular weight excluding hydrogens is 340 g/mol. The molecule has 2 nitrogen and oxygen atoms in total. The van der Waals surface area contributed by atoms with Gasteiger partial charge in [-0.1, -0.05) is 17.7 Å². The number of hydrogen-bond donors (Lipinski definition) is 1. The lowest BCUT2D eigenvalue weighted by Gasteiger charge is -2.09. The normalized spacial score (nSPS) is 10.3. The summed E-state index contributed by atoms with van der Waals surface area (Å²) in [5.41, 5.74) is -0.297. The molecule has 0 fully saturated rings. The third-order valence-electron chi connectivity index (χ3n) is 2.37. The first-order valence-corrected chi connectivity index (χ1v) is 6.36. The van der Waals surface area contributed by atoms with E-state index < -0.39 is 17.5 Å². The lowest BCUT2D eigenvalue weighted by Crippen LogP contribution is -2.15. The molecule has 2 aromatic carbocycles. The van der Waals surface area contributed by atoms with Crippen LogP contribution in [0, 0.1) is 11.6 Å². The van der Waals surface area contributed by atoms with E-state index in [0.29, 0.717) is 0 Å². The molecule has 1 amide bonds. The fraction of sp³-hybridized carbons (Fsp3) is 0. The van der Waals surface area contributed by atoms with Gasteiger partial charge in [-0.05, 0) is 46.3 Å². The summed E-state index contributed by atoms with van der Waals surface area (Å²) in [6, 6.07) is 7.85. The molecule has 0 bridgehead atoms. The summed E-state index contributed by atoms with van der Waals surface area (Å²) in [6.07, 6.45) is 0. The standard InChI is InChI=1S/C13H7BrClF2NO/c14-8-2-1-3-10(17)12(8)13(19)18-11-6-7(15)4-5-9(11)16/h1-6H,(H,18,19). The lowest BCUT2D eigenvalue weighted by molar-refractivity contribution is 0.102. The minimum atomic E-state index is -0.758. The predicted molar refractivity (Wildman–Crippen MR) is 73.5 cm³/mol. The molecule has 2 aromatic rings. The van der Waals surface area contributed by atoms with Crippen molar-refractivity contribution in [3.8, 4) is 0 Å². The van der Waals surface area contributed by atoms with E-state index in [-0.39, 0.29) is 20.7 Å². The summed E-state index contributed by atoms with van der Waals surface area (Å²) in [6.45, 7) is 0. The van der Waals surface area contributed by atoms with E-state index in [0.717, 1.165) is 12.1 Å². The molecule has 2 rings (SSSR count). The Morgan fingerprint density at radius 3 is 2.58 bits per heavy atom. The van der Waals surface area contributed by atoms with Gasteiger partial charge >= 0.3 is 0 Å². The summed E-state index contributed by atoms with van der Waals surface area (Å²) in [4.78, 5) is 11.9. The highest BCUT2D eigenvalue weighted by Gasteiger charge is 2.17. The van der Waals surface area contributed by atoms with E-state index in [1.54, 1.807) is 0 Å². The molecule has 0 radical (unpaired) electrons. The summed E-state index contributed by atoms with van der Waals surface area (Å²) in [5, 5.41) is 2.55. The SMILES string of the molecule is O=C(Nc1cc(Cl)ccc1F)c1c(F)cccc1Br. The number of amides is 1. The lowest BCUT2D eigenvalue weighted by atomic mass is 10.2. The molecule has 0 saturated heterocycles. The van der Waals surface area contributed by atoms with Gasteiger partial charge in [0.25, 0.3) is 5.91 Å². The Morgan fingerprint density at radius 2 is 1.89 bits per heavy atom. The molecule has 0 unspecified atom stereocenters. The molecule has 98 valence electrons. The largest absolute Gasteiger partial charge is 0.319 e. The van der Waals surface area contributed by atoms with Gasteiger partial charge in [0, 0.05) is 9.50 Å². The van der Waals surface area contributed by atoms with Crippen molar-refractivity contribution in [3.05, 3.63) is 63.1 Å². The molecule has 19 heavy (non-hydrogen) atoms. The number of carbonyl (C=O) groups excluding carboxylic acids is 1. The maximum Gasteiger partial charge on any atom is 0.259 e. The number of halogens is 4. The summed E-state index contributed by atoms with van der Waals surface area (Å²) in [7, 11) is 0. The predicted octanol–water partition coefficient (Wildman–Crippen LogP) is 4.63. The molecule has 1 N–H and O–H groups in total. The van der Waals surface area contributed by atoms with Crippen LogP contribution in [0.25, 0.3) is 0 Å². The van der Waals surface area contributed by atoms with Crippen LogP contribution in [-0.4, -0.2) is 5.91 Å². The minimum Gasteiger partial charge on any atom is -0.319 e. The quantitative estimate of drug-likeness (QED) is 0.844. The van der Waals surface area contributed by atoms with Gasteiger partial charge in [-0.15, -0.1) is 0 Å². The highest BCUT2D eigenvalue weighted by Crippen LogP contribution is 2.23. The average molecular weight is 347 g/mol. The Morgan fingerprint density at radius 1 is 1.16 bits per heavy atom. The average Bonchev–Trinajstić information content (AvgIpc) is 2.33. The van der Waals surface area contributed by atoms with Crippen molar-refractivity contribution in [1.29, 1.82) is 0 Å². The second-order valence-corrected chi connectivity index (χ2v) is 4.97. The van der Waals surface area contributed by atoms with Crippen LogP contribution in [0.15, 0.2) is 40.9 Å². The monoisotopic (exact) mass is 345 g/mol. The molecule has 0 aromatic heterocycles. The number of rotatable bonds is 2. The molecular formula is C13H7BrClF2NO.